The number of carbonyl (C=O) groups excluding carboxylic acids is 1. The summed E-state index contributed by atoms with van der Waals surface area (Å²) in [5, 5.41) is 1.80. The number of allylic oxidation sites excluding steroid dienone is 5. The van der Waals surface area contributed by atoms with Crippen LogP contribution in [0.4, 0.5) is 0 Å². The summed E-state index contributed by atoms with van der Waals surface area (Å²) in [4.78, 5) is 12.4. The monoisotopic (exact) mass is 344 g/mol. The highest BCUT2D eigenvalue weighted by Gasteiger charge is 2.46. The van der Waals surface area contributed by atoms with Crippen LogP contribution in [0.2, 0.25) is 0 Å². The fourth-order valence-corrected chi connectivity index (χ4v) is 3.72. The average Bonchev–Trinajstić information content (AvgIpc) is 2.93. The van der Waals surface area contributed by atoms with Crippen molar-refractivity contribution in [2.45, 2.75) is 12.2 Å². The number of fused-ring (bicyclic) bond motifs is 2. The molecule has 0 amide bonds. The van der Waals surface area contributed by atoms with Crippen molar-refractivity contribution in [3.63, 3.8) is 0 Å². The SMILES string of the molecule is COc1ccc2c3c(cccc13)OC1(C=CC(=O)C3=CCC=CC=C31)O2. The van der Waals surface area contributed by atoms with Crippen molar-refractivity contribution in [1.82, 2.24) is 0 Å². The molecule has 0 saturated heterocycles. The maximum absolute atomic E-state index is 12.4. The molecule has 1 spiro atoms. The zero-order valence-electron chi connectivity index (χ0n) is 14.2. The number of ketones is 1. The van der Waals surface area contributed by atoms with Gasteiger partial charge < -0.3 is 14.2 Å². The molecule has 3 aliphatic rings. The van der Waals surface area contributed by atoms with E-state index < -0.39 is 5.79 Å². The second-order valence-corrected chi connectivity index (χ2v) is 6.38. The standard InChI is InChI=1S/C22H16O4/c1-24-18-10-11-20-21-15(18)7-5-9-19(21)25-22(26-20)13-12-17(23)14-6-3-2-4-8-16(14)22/h2,4-13H,3H2,1H3. The van der Waals surface area contributed by atoms with Gasteiger partial charge in [-0.25, -0.2) is 0 Å². The molecule has 4 nitrogen and oxygen atoms in total. The van der Waals surface area contributed by atoms with E-state index in [0.717, 1.165) is 22.1 Å². The van der Waals surface area contributed by atoms with Crippen LogP contribution in [0.1, 0.15) is 6.42 Å². The van der Waals surface area contributed by atoms with Crippen LogP contribution in [0, 0.1) is 0 Å². The first-order valence-electron chi connectivity index (χ1n) is 8.51. The molecule has 0 aromatic heterocycles. The van der Waals surface area contributed by atoms with E-state index in [9.17, 15) is 4.79 Å². The maximum atomic E-state index is 12.4. The fourth-order valence-electron chi connectivity index (χ4n) is 3.72. The van der Waals surface area contributed by atoms with Gasteiger partial charge >= 0.3 is 0 Å². The van der Waals surface area contributed by atoms with Crippen LogP contribution in [-0.4, -0.2) is 18.7 Å². The van der Waals surface area contributed by atoms with Crippen LogP contribution in [-0.2, 0) is 4.79 Å². The van der Waals surface area contributed by atoms with Crippen molar-refractivity contribution in [3.05, 3.63) is 77.9 Å². The number of hydrogen-bond donors (Lipinski definition) is 0. The van der Waals surface area contributed by atoms with Gasteiger partial charge in [-0.3, -0.25) is 4.79 Å². The lowest BCUT2D eigenvalue weighted by molar-refractivity contribution is -0.113. The van der Waals surface area contributed by atoms with Crippen LogP contribution in [0.3, 0.4) is 0 Å². The third kappa shape index (κ3) is 1.99. The first-order chi connectivity index (χ1) is 12.7. The zero-order chi connectivity index (χ0) is 17.7. The van der Waals surface area contributed by atoms with Gasteiger partial charge in [-0.05, 0) is 30.7 Å². The van der Waals surface area contributed by atoms with E-state index >= 15 is 0 Å². The number of ether oxygens (including phenoxy) is 3. The Hall–Kier alpha value is -3.27. The molecule has 26 heavy (non-hydrogen) atoms. The number of hydrogen-bond acceptors (Lipinski definition) is 4. The highest BCUT2D eigenvalue weighted by molar-refractivity contribution is 6.10. The lowest BCUT2D eigenvalue weighted by Crippen LogP contribution is -2.47. The quantitative estimate of drug-likeness (QED) is 0.775. The first-order valence-corrected chi connectivity index (χ1v) is 8.51. The Bertz CT molecular complexity index is 1060. The van der Waals surface area contributed by atoms with Crippen LogP contribution in [0.25, 0.3) is 10.8 Å². The first kappa shape index (κ1) is 15.0. The molecule has 1 heterocycles. The molecule has 0 N–H and O–H groups in total. The Morgan fingerprint density at radius 2 is 1.96 bits per heavy atom. The molecule has 1 unspecified atom stereocenters. The largest absolute Gasteiger partial charge is 0.496 e. The summed E-state index contributed by atoms with van der Waals surface area (Å²) in [6.07, 6.45) is 11.7. The number of carbonyl (C=O) groups is 1. The minimum Gasteiger partial charge on any atom is -0.496 e. The maximum Gasteiger partial charge on any atom is 0.299 e. The van der Waals surface area contributed by atoms with Crippen molar-refractivity contribution in [2.24, 2.45) is 0 Å². The highest BCUT2D eigenvalue weighted by atomic mass is 16.7. The Morgan fingerprint density at radius 1 is 1.12 bits per heavy atom. The van der Waals surface area contributed by atoms with Crippen LogP contribution in [0.15, 0.2) is 77.9 Å². The molecule has 4 heteroatoms. The van der Waals surface area contributed by atoms with Crippen molar-refractivity contribution < 1.29 is 19.0 Å². The Balaban J connectivity index is 1.74. The Kier molecular flexibility index (Phi) is 3.10. The van der Waals surface area contributed by atoms with Crippen molar-refractivity contribution in [1.29, 1.82) is 0 Å². The van der Waals surface area contributed by atoms with Gasteiger partial charge in [-0.15, -0.1) is 0 Å². The number of benzene rings is 2. The van der Waals surface area contributed by atoms with E-state index in [2.05, 4.69) is 0 Å². The van der Waals surface area contributed by atoms with Gasteiger partial charge in [0, 0.05) is 17.0 Å². The van der Waals surface area contributed by atoms with E-state index in [4.69, 9.17) is 14.2 Å². The molecule has 5 rings (SSSR count). The van der Waals surface area contributed by atoms with Gasteiger partial charge in [0.2, 0.25) is 0 Å². The molecule has 0 radical (unpaired) electrons. The molecule has 0 bridgehead atoms. The molecule has 2 aromatic rings. The fraction of sp³-hybridized carbons (Fsp3) is 0.136. The van der Waals surface area contributed by atoms with Crippen molar-refractivity contribution >= 4 is 16.6 Å². The molecule has 128 valence electrons. The van der Waals surface area contributed by atoms with Crippen molar-refractivity contribution in [2.75, 3.05) is 7.11 Å². The topological polar surface area (TPSA) is 44.8 Å². The summed E-state index contributed by atoms with van der Waals surface area (Å²) in [7, 11) is 1.64. The normalized spacial score (nSPS) is 22.9. The molecule has 1 aliphatic heterocycles. The number of rotatable bonds is 1. The van der Waals surface area contributed by atoms with Crippen LogP contribution in [0.5, 0.6) is 17.2 Å². The molecule has 0 saturated carbocycles. The predicted octanol–water partition coefficient (Wildman–Crippen LogP) is 4.27. The predicted molar refractivity (Wildman–Crippen MR) is 98.6 cm³/mol. The van der Waals surface area contributed by atoms with Crippen LogP contribution >= 0.6 is 0 Å². The molecule has 2 aliphatic carbocycles. The van der Waals surface area contributed by atoms with Gasteiger partial charge in [0.1, 0.15) is 17.2 Å². The van der Waals surface area contributed by atoms with Gasteiger partial charge in [0.15, 0.2) is 5.78 Å². The van der Waals surface area contributed by atoms with Crippen LogP contribution < -0.4 is 14.2 Å². The summed E-state index contributed by atoms with van der Waals surface area (Å²) < 4.78 is 18.2. The Morgan fingerprint density at radius 3 is 2.81 bits per heavy atom. The third-order valence-electron chi connectivity index (χ3n) is 4.91. The van der Waals surface area contributed by atoms with Gasteiger partial charge in [-0.1, -0.05) is 36.4 Å². The van der Waals surface area contributed by atoms with Gasteiger partial charge in [0.05, 0.1) is 18.1 Å². The van der Waals surface area contributed by atoms with E-state index in [0.29, 0.717) is 23.5 Å². The minimum atomic E-state index is -1.15. The van der Waals surface area contributed by atoms with Gasteiger partial charge in [0.25, 0.3) is 5.79 Å². The molecular formula is C22H16O4. The molecule has 1 atom stereocenters. The lowest BCUT2D eigenvalue weighted by Gasteiger charge is -2.40. The molecular weight excluding hydrogens is 328 g/mol. The highest BCUT2D eigenvalue weighted by Crippen LogP contribution is 2.48. The Labute approximate surface area is 150 Å². The van der Waals surface area contributed by atoms with Crippen molar-refractivity contribution in [3.8, 4) is 17.2 Å². The molecule has 2 aromatic carbocycles. The van der Waals surface area contributed by atoms with E-state index in [1.54, 1.807) is 13.2 Å². The summed E-state index contributed by atoms with van der Waals surface area (Å²) in [6.45, 7) is 0. The number of methoxy groups -OCH3 is 1. The second kappa shape index (κ2) is 5.36. The zero-order valence-corrected chi connectivity index (χ0v) is 14.2. The summed E-state index contributed by atoms with van der Waals surface area (Å²) in [6, 6.07) is 9.59. The third-order valence-corrected chi connectivity index (χ3v) is 4.91. The van der Waals surface area contributed by atoms with Gasteiger partial charge in [-0.2, -0.15) is 0 Å². The average molecular weight is 344 g/mol. The lowest BCUT2D eigenvalue weighted by atomic mass is 9.87. The van der Waals surface area contributed by atoms with E-state index in [1.165, 1.54) is 6.08 Å². The smallest absolute Gasteiger partial charge is 0.299 e. The van der Waals surface area contributed by atoms with E-state index in [1.807, 2.05) is 54.6 Å². The summed E-state index contributed by atoms with van der Waals surface area (Å²) in [5.41, 5.74) is 1.35. The summed E-state index contributed by atoms with van der Waals surface area (Å²) in [5.74, 6) is 0.992. The summed E-state index contributed by atoms with van der Waals surface area (Å²) >= 11 is 0. The second-order valence-electron chi connectivity index (χ2n) is 6.38. The van der Waals surface area contributed by atoms with E-state index in [-0.39, 0.29) is 5.78 Å². The minimum absolute atomic E-state index is 0.0310. The molecule has 0 fully saturated rings.